The van der Waals surface area contributed by atoms with E-state index in [0.717, 1.165) is 5.56 Å². The maximum Gasteiger partial charge on any atom is 0.128 e. The number of halogens is 3. The number of hydrogen-bond acceptors (Lipinski definition) is 1. The summed E-state index contributed by atoms with van der Waals surface area (Å²) < 4.78 is 34.0. The van der Waals surface area contributed by atoms with Crippen molar-refractivity contribution in [1.29, 1.82) is 0 Å². The van der Waals surface area contributed by atoms with Crippen LogP contribution in [-0.4, -0.2) is 13.7 Å². The van der Waals surface area contributed by atoms with E-state index in [2.05, 4.69) is 31.9 Å². The van der Waals surface area contributed by atoms with E-state index in [9.17, 15) is 4.39 Å². The van der Waals surface area contributed by atoms with E-state index in [-0.39, 0.29) is 5.56 Å². The van der Waals surface area contributed by atoms with Gasteiger partial charge in [0.1, 0.15) is 5.82 Å². The van der Waals surface area contributed by atoms with Crippen molar-refractivity contribution < 1.29 is 11.9 Å². The fourth-order valence-corrected chi connectivity index (χ4v) is 1.89. The third kappa shape index (κ3) is 3.04. The summed E-state index contributed by atoms with van der Waals surface area (Å²) in [6, 6.07) is 2.78. The van der Waals surface area contributed by atoms with E-state index < -0.39 is 11.1 Å². The first-order chi connectivity index (χ1) is 7.36. The van der Waals surface area contributed by atoms with Gasteiger partial charge >= 0.3 is 0 Å². The van der Waals surface area contributed by atoms with Crippen molar-refractivity contribution in [3.8, 4) is 0 Å². The molecule has 4 heteroatoms. The molecule has 1 aromatic rings. The van der Waals surface area contributed by atoms with Crippen molar-refractivity contribution in [3.63, 3.8) is 0 Å². The van der Waals surface area contributed by atoms with Gasteiger partial charge in [0.05, 0.1) is 6.61 Å². The van der Waals surface area contributed by atoms with Crippen LogP contribution in [0.3, 0.4) is 0 Å². The van der Waals surface area contributed by atoms with Gasteiger partial charge in [-0.15, -0.1) is 0 Å². The minimum atomic E-state index is -1.86. The van der Waals surface area contributed by atoms with Crippen LogP contribution in [-0.2, 0) is 16.4 Å². The van der Waals surface area contributed by atoms with Crippen LogP contribution in [0.5, 0.6) is 0 Å². The van der Waals surface area contributed by atoms with Crippen molar-refractivity contribution >= 4 is 31.9 Å². The van der Waals surface area contributed by atoms with Crippen LogP contribution in [0.25, 0.3) is 0 Å². The van der Waals surface area contributed by atoms with E-state index in [0.29, 0.717) is 17.5 Å². The topological polar surface area (TPSA) is 9.23 Å². The van der Waals surface area contributed by atoms with Crippen LogP contribution in [0.15, 0.2) is 16.6 Å². The number of alkyl halides is 1. The molecule has 0 radical (unpaired) electrons. The highest BCUT2D eigenvalue weighted by molar-refractivity contribution is 9.10. The maximum atomic E-state index is 13.5. The molecule has 1 nitrogen and oxygen atoms in total. The first kappa shape index (κ1) is 9.31. The smallest absolute Gasteiger partial charge is 0.128 e. The Morgan fingerprint density at radius 1 is 1.50 bits per heavy atom. The van der Waals surface area contributed by atoms with Gasteiger partial charge in [-0.05, 0) is 23.6 Å². The number of ether oxygens (including phenoxy) is 1. The first-order valence-electron chi connectivity index (χ1n) is 5.02. The van der Waals surface area contributed by atoms with Crippen molar-refractivity contribution in [3.05, 3.63) is 33.5 Å². The van der Waals surface area contributed by atoms with E-state index in [1.165, 1.54) is 12.1 Å². The van der Waals surface area contributed by atoms with Crippen molar-refractivity contribution in [2.75, 3.05) is 13.7 Å². The van der Waals surface area contributed by atoms with Gasteiger partial charge in [-0.2, -0.15) is 0 Å². The summed E-state index contributed by atoms with van der Waals surface area (Å²) in [5, 5.41) is -1.86. The molecule has 0 fully saturated rings. The summed E-state index contributed by atoms with van der Waals surface area (Å²) in [5.74, 6) is -0.574. The van der Waals surface area contributed by atoms with Gasteiger partial charge in [-0.3, -0.25) is 0 Å². The Bertz CT molecular complexity index is 380. The number of benzene rings is 1. The molecule has 0 saturated carbocycles. The average molecular weight is 328 g/mol. The molecular weight excluding hydrogens is 315 g/mol. The Labute approximate surface area is 103 Å². The van der Waals surface area contributed by atoms with E-state index in [1.54, 1.807) is 7.11 Å². The summed E-state index contributed by atoms with van der Waals surface area (Å²) in [6.45, 7) is 0.509. The molecule has 0 atom stereocenters. The van der Waals surface area contributed by atoms with Gasteiger partial charge in [0, 0.05) is 19.6 Å². The lowest BCUT2D eigenvalue weighted by molar-refractivity contribution is 0.202. The summed E-state index contributed by atoms with van der Waals surface area (Å²) >= 11 is 6.06. The van der Waals surface area contributed by atoms with Gasteiger partial charge < -0.3 is 4.74 Å². The largest absolute Gasteiger partial charge is 0.384 e. The van der Waals surface area contributed by atoms with Crippen molar-refractivity contribution in [1.82, 2.24) is 0 Å². The summed E-state index contributed by atoms with van der Waals surface area (Å²) in [4.78, 5) is 0. The number of rotatable bonds is 4. The molecule has 0 spiro atoms. The third-order valence-corrected chi connectivity index (χ3v) is 2.98. The average Bonchev–Trinajstić information content (AvgIpc) is 2.14. The minimum Gasteiger partial charge on any atom is -0.384 e. The molecule has 0 heterocycles. The van der Waals surface area contributed by atoms with Gasteiger partial charge in [0.15, 0.2) is 0 Å². The molecule has 0 unspecified atom stereocenters. The Balaban J connectivity index is 3.11. The first-order valence-corrected chi connectivity index (χ1v) is 5.61. The lowest BCUT2D eigenvalue weighted by Gasteiger charge is -2.07. The molecule has 0 amide bonds. The van der Waals surface area contributed by atoms with Gasteiger partial charge in [-0.1, -0.05) is 37.9 Å². The predicted molar refractivity (Wildman–Crippen MR) is 62.3 cm³/mol. The molecule has 0 bridgehead atoms. The molecule has 1 aromatic carbocycles. The summed E-state index contributed by atoms with van der Waals surface area (Å²) in [7, 11) is 1.59. The third-order valence-electron chi connectivity index (χ3n) is 1.81. The fourth-order valence-electron chi connectivity index (χ4n) is 1.07. The normalized spacial score (nSPS) is 13.7. The lowest BCUT2D eigenvalue weighted by Crippen LogP contribution is -1.98. The van der Waals surface area contributed by atoms with Gasteiger partial charge in [-0.25, -0.2) is 4.39 Å². The fraction of sp³-hybridized carbons (Fsp3) is 0.400. The number of hydrogen-bond donors (Lipinski definition) is 0. The minimum absolute atomic E-state index is 0.00167. The van der Waals surface area contributed by atoms with Crippen molar-refractivity contribution in [2.24, 2.45) is 0 Å². The van der Waals surface area contributed by atoms with Crippen LogP contribution >= 0.6 is 31.9 Å². The second-order valence-corrected chi connectivity index (χ2v) is 4.01. The summed E-state index contributed by atoms with van der Waals surface area (Å²) in [6.07, 6.45) is 0.605. The molecule has 0 aliphatic heterocycles. The zero-order chi connectivity index (χ0) is 12.3. The van der Waals surface area contributed by atoms with Gasteiger partial charge in [0.2, 0.25) is 0 Å². The quantitative estimate of drug-likeness (QED) is 0.767. The molecule has 1 rings (SSSR count). The second kappa shape index (κ2) is 5.83. The number of methoxy groups -OCH3 is 1. The van der Waals surface area contributed by atoms with E-state index >= 15 is 0 Å². The van der Waals surface area contributed by atoms with E-state index in [1.807, 2.05) is 0 Å². The van der Waals surface area contributed by atoms with Crippen LogP contribution in [0.2, 0.25) is 0 Å². The Kier molecular flexibility index (Phi) is 3.88. The van der Waals surface area contributed by atoms with Crippen LogP contribution in [0.1, 0.15) is 13.9 Å². The highest BCUT2D eigenvalue weighted by Crippen LogP contribution is 2.23. The van der Waals surface area contributed by atoms with Crippen molar-refractivity contribution in [2.45, 2.75) is 11.7 Å². The second-order valence-electron chi connectivity index (χ2n) is 2.76. The van der Waals surface area contributed by atoms with Crippen LogP contribution in [0.4, 0.5) is 4.39 Å². The lowest BCUT2D eigenvalue weighted by atomic mass is 10.1. The standard InChI is InChI=1S/C10H11Br2FO/c1-14-3-2-7-4-8(6-11)10(13)5-9(7)12/h4-5H,2-3,6H2,1H3/i6D2. The predicted octanol–water partition coefficient (Wildman–Crippen LogP) is 3.67. The highest BCUT2D eigenvalue weighted by atomic mass is 79.9. The van der Waals surface area contributed by atoms with Crippen LogP contribution in [0, 0.1) is 5.82 Å². The monoisotopic (exact) mass is 326 g/mol. The molecular formula is C10H11Br2FO. The van der Waals surface area contributed by atoms with Crippen LogP contribution < -0.4 is 0 Å². The molecule has 14 heavy (non-hydrogen) atoms. The zero-order valence-corrected chi connectivity index (χ0v) is 10.8. The molecule has 0 aliphatic carbocycles. The van der Waals surface area contributed by atoms with E-state index in [4.69, 9.17) is 7.48 Å². The Hall–Kier alpha value is 0.0700. The molecule has 0 N–H and O–H groups in total. The zero-order valence-electron chi connectivity index (χ0n) is 9.61. The molecule has 78 valence electrons. The van der Waals surface area contributed by atoms with Gasteiger partial charge in [0.25, 0.3) is 0 Å². The molecule has 0 aromatic heterocycles. The molecule has 0 saturated heterocycles. The maximum absolute atomic E-state index is 13.5. The summed E-state index contributed by atoms with van der Waals surface area (Å²) in [5.41, 5.74) is 0.823. The Morgan fingerprint density at radius 2 is 2.21 bits per heavy atom. The molecule has 0 aliphatic rings. The highest BCUT2D eigenvalue weighted by Gasteiger charge is 2.07. The SMILES string of the molecule is [2H]C([2H])(Br)c1cc(CCOC)c(Br)cc1F. The Morgan fingerprint density at radius 3 is 2.79 bits per heavy atom.